The number of hydrogen-bond acceptors (Lipinski definition) is 10. The van der Waals surface area contributed by atoms with Gasteiger partial charge in [0, 0.05) is 31.9 Å². The predicted molar refractivity (Wildman–Crippen MR) is 253 cm³/mol. The molecule has 0 bridgehead atoms. The van der Waals surface area contributed by atoms with E-state index >= 15 is 4.39 Å². The molecule has 17 heteroatoms. The van der Waals surface area contributed by atoms with Gasteiger partial charge >= 0.3 is 12.2 Å². The van der Waals surface area contributed by atoms with Gasteiger partial charge in [-0.25, -0.2) is 23.9 Å². The number of fused-ring (bicyclic) bond motifs is 2. The van der Waals surface area contributed by atoms with Crippen molar-refractivity contribution < 1.29 is 33.0 Å². The van der Waals surface area contributed by atoms with Crippen LogP contribution < -0.4 is 20.4 Å². The van der Waals surface area contributed by atoms with Gasteiger partial charge in [-0.15, -0.1) is 0 Å². The standard InChI is InChI=1S/C50H63FN10O6/c1-28(2)43(56-49(64)66-5)47(62)59-23-9-11-41(59)45-52-34-16-13-30(25-36(34)54-45)38-19-20-39(61(38)32-15-18-40(33(51)27-32)58-21-7-8-22-58)31-14-17-35-37(26-31)55-46(53-35)42-12-10-24-60(42)48(63)44(29(3)4)57-50(65)67-6/h13-18,25-29,38-39,41-44H,7-12,19-24H2,1-6H3,(H,52,54)(H,53,55)(H,56,64)(H,57,65)/t38-,39?,41+,42+,43+,44+/m1/s1. The molecular weight excluding hydrogens is 856 g/mol. The fraction of sp³-hybridized carbons (Fsp3) is 0.520. The lowest BCUT2D eigenvalue weighted by atomic mass is 10.0. The molecule has 4 aliphatic heterocycles. The second kappa shape index (κ2) is 19.1. The molecule has 9 rings (SSSR count). The highest BCUT2D eigenvalue weighted by atomic mass is 19.1. The summed E-state index contributed by atoms with van der Waals surface area (Å²) in [6, 6.07) is 16.0. The van der Waals surface area contributed by atoms with Gasteiger partial charge in [0.1, 0.15) is 29.5 Å². The molecule has 356 valence electrons. The Hall–Kier alpha value is -6.39. The number of nitrogens with zero attached hydrogens (tertiary/aromatic N) is 6. The molecular formula is C50H63FN10O6. The first-order chi connectivity index (χ1) is 32.3. The van der Waals surface area contributed by atoms with Gasteiger partial charge in [0.05, 0.1) is 66.1 Å². The number of benzene rings is 3. The fourth-order valence-electron chi connectivity index (χ4n) is 10.9. The number of nitrogens with one attached hydrogen (secondary N) is 4. The number of hydrogen-bond donors (Lipinski definition) is 4. The van der Waals surface area contributed by atoms with Crippen LogP contribution in [0, 0.1) is 17.7 Å². The van der Waals surface area contributed by atoms with Gasteiger partial charge in [-0.05, 0) is 117 Å². The van der Waals surface area contributed by atoms with Crippen LogP contribution in [-0.4, -0.2) is 106 Å². The summed E-state index contributed by atoms with van der Waals surface area (Å²) in [5, 5.41) is 5.45. The Morgan fingerprint density at radius 3 is 1.54 bits per heavy atom. The molecule has 0 aliphatic carbocycles. The van der Waals surface area contributed by atoms with E-state index in [4.69, 9.17) is 19.4 Å². The van der Waals surface area contributed by atoms with Crippen LogP contribution in [0.2, 0.25) is 0 Å². The first-order valence-electron chi connectivity index (χ1n) is 23.9. The van der Waals surface area contributed by atoms with Crippen molar-refractivity contribution >= 4 is 57.4 Å². The number of methoxy groups -OCH3 is 2. The lowest BCUT2D eigenvalue weighted by Crippen LogP contribution is -2.51. The number of amides is 4. The molecule has 4 N–H and O–H groups in total. The van der Waals surface area contributed by atoms with E-state index in [1.54, 1.807) is 6.07 Å². The topological polar surface area (TPSA) is 181 Å². The molecule has 67 heavy (non-hydrogen) atoms. The van der Waals surface area contributed by atoms with Crippen LogP contribution >= 0.6 is 0 Å². The summed E-state index contributed by atoms with van der Waals surface area (Å²) in [5.41, 5.74) is 6.83. The van der Waals surface area contributed by atoms with E-state index in [0.29, 0.717) is 30.4 Å². The molecule has 4 aliphatic rings. The average molecular weight is 919 g/mol. The molecule has 6 atom stereocenters. The van der Waals surface area contributed by atoms with E-state index in [2.05, 4.69) is 60.7 Å². The zero-order valence-corrected chi connectivity index (χ0v) is 39.3. The normalized spacial score (nSPS) is 21.8. The third-order valence-electron chi connectivity index (χ3n) is 14.4. The van der Waals surface area contributed by atoms with Crippen molar-refractivity contribution in [3.8, 4) is 0 Å². The molecule has 6 heterocycles. The summed E-state index contributed by atoms with van der Waals surface area (Å²) >= 11 is 0. The molecule has 2 aromatic heterocycles. The maximum atomic E-state index is 16.3. The Bertz CT molecular complexity index is 2500. The molecule has 4 saturated heterocycles. The Balaban J connectivity index is 1.02. The number of aromatic nitrogens is 4. The SMILES string of the molecule is COC(=O)N[C@H](C(=O)N1CCC[C@H]1c1nc2ccc(C3CC[C@H](c4ccc5nc([C@@H]6CCCN6C(=O)[C@@H](NC(=O)OC)C(C)C)[nH]c5c4)N3c3ccc(N4CCCC4)c(F)c3)cc2[nH]1)C(C)C. The Labute approximate surface area is 390 Å². The molecule has 3 aromatic carbocycles. The van der Waals surface area contributed by atoms with Crippen LogP contribution in [0.1, 0.15) is 126 Å². The second-order valence-corrected chi connectivity index (χ2v) is 19.2. The van der Waals surface area contributed by atoms with Crippen LogP contribution in [0.15, 0.2) is 54.6 Å². The molecule has 16 nitrogen and oxygen atoms in total. The zero-order valence-electron chi connectivity index (χ0n) is 39.3. The van der Waals surface area contributed by atoms with Crippen molar-refractivity contribution in [1.82, 2.24) is 40.4 Å². The van der Waals surface area contributed by atoms with Crippen LogP contribution in [0.5, 0.6) is 0 Å². The summed E-state index contributed by atoms with van der Waals surface area (Å²) in [6.45, 7) is 10.4. The third kappa shape index (κ3) is 8.96. The summed E-state index contributed by atoms with van der Waals surface area (Å²) in [6.07, 6.45) is 5.54. The minimum Gasteiger partial charge on any atom is -0.453 e. The minimum atomic E-state index is -0.732. The number of halogens is 1. The lowest BCUT2D eigenvalue weighted by Gasteiger charge is -2.34. The molecule has 0 spiro atoms. The number of likely N-dealkylation sites (tertiary alicyclic amines) is 2. The number of anilines is 2. The first-order valence-corrected chi connectivity index (χ1v) is 23.9. The van der Waals surface area contributed by atoms with E-state index in [1.807, 2.05) is 55.7 Å². The highest BCUT2D eigenvalue weighted by molar-refractivity contribution is 5.88. The van der Waals surface area contributed by atoms with Crippen LogP contribution in [0.25, 0.3) is 22.1 Å². The van der Waals surface area contributed by atoms with Crippen molar-refractivity contribution in [3.63, 3.8) is 0 Å². The maximum absolute atomic E-state index is 16.3. The van der Waals surface area contributed by atoms with E-state index in [9.17, 15) is 19.2 Å². The van der Waals surface area contributed by atoms with Gasteiger partial charge < -0.3 is 49.7 Å². The van der Waals surface area contributed by atoms with Gasteiger partial charge in [0.15, 0.2) is 0 Å². The number of ether oxygens (including phenoxy) is 2. The van der Waals surface area contributed by atoms with Gasteiger partial charge in [0.2, 0.25) is 11.8 Å². The molecule has 1 unspecified atom stereocenters. The van der Waals surface area contributed by atoms with E-state index in [1.165, 1.54) is 14.2 Å². The Morgan fingerprint density at radius 2 is 1.10 bits per heavy atom. The van der Waals surface area contributed by atoms with E-state index < -0.39 is 24.3 Å². The first kappa shape index (κ1) is 45.8. The summed E-state index contributed by atoms with van der Waals surface area (Å²) < 4.78 is 25.9. The third-order valence-corrected chi connectivity index (χ3v) is 14.4. The molecule has 4 amide bonds. The van der Waals surface area contributed by atoms with Crippen molar-refractivity contribution in [1.29, 1.82) is 0 Å². The summed E-state index contributed by atoms with van der Waals surface area (Å²) in [7, 11) is 2.58. The number of alkyl carbamates (subject to hydrolysis) is 2. The van der Waals surface area contributed by atoms with E-state index in [0.717, 1.165) is 103 Å². The number of rotatable bonds is 12. The highest BCUT2D eigenvalue weighted by Gasteiger charge is 2.41. The number of carbonyl (C=O) groups is 4. The van der Waals surface area contributed by atoms with Crippen LogP contribution in [-0.2, 0) is 19.1 Å². The van der Waals surface area contributed by atoms with Gasteiger partial charge in [-0.1, -0.05) is 39.8 Å². The van der Waals surface area contributed by atoms with Crippen molar-refractivity contribution in [3.05, 3.63) is 83.2 Å². The van der Waals surface area contributed by atoms with Gasteiger partial charge in [-0.2, -0.15) is 0 Å². The largest absolute Gasteiger partial charge is 0.453 e. The number of H-pyrrole nitrogens is 2. The zero-order chi connectivity index (χ0) is 47.1. The average Bonchev–Trinajstić information content (AvgIpc) is 4.18. The Kier molecular flexibility index (Phi) is 13.0. The lowest BCUT2D eigenvalue weighted by molar-refractivity contribution is -0.136. The fourth-order valence-corrected chi connectivity index (χ4v) is 10.9. The van der Waals surface area contributed by atoms with Crippen molar-refractivity contribution in [2.45, 2.75) is 115 Å². The van der Waals surface area contributed by atoms with Crippen molar-refractivity contribution in [2.24, 2.45) is 11.8 Å². The van der Waals surface area contributed by atoms with E-state index in [-0.39, 0.29) is 53.6 Å². The number of carbonyl (C=O) groups excluding carboxylic acids is 4. The van der Waals surface area contributed by atoms with Gasteiger partial charge in [0.25, 0.3) is 0 Å². The quantitative estimate of drug-likeness (QED) is 0.0950. The molecule has 4 fully saturated rings. The predicted octanol–water partition coefficient (Wildman–Crippen LogP) is 8.35. The number of imidazole rings is 2. The molecule has 5 aromatic rings. The van der Waals surface area contributed by atoms with Crippen molar-refractivity contribution in [2.75, 3.05) is 50.2 Å². The van der Waals surface area contributed by atoms with Crippen LogP contribution in [0.4, 0.5) is 25.4 Å². The smallest absolute Gasteiger partial charge is 0.407 e. The monoisotopic (exact) mass is 918 g/mol. The second-order valence-electron chi connectivity index (χ2n) is 19.2. The molecule has 0 saturated carbocycles. The minimum absolute atomic E-state index is 0.0995. The summed E-state index contributed by atoms with van der Waals surface area (Å²) in [4.78, 5) is 77.4. The summed E-state index contributed by atoms with van der Waals surface area (Å²) in [5.74, 6) is 0.558. The van der Waals surface area contributed by atoms with Crippen LogP contribution in [0.3, 0.4) is 0 Å². The Morgan fingerprint density at radius 1 is 0.627 bits per heavy atom. The molecule has 0 radical (unpaired) electrons. The highest BCUT2D eigenvalue weighted by Crippen LogP contribution is 2.48. The number of aromatic amines is 2. The maximum Gasteiger partial charge on any atom is 0.407 e. The van der Waals surface area contributed by atoms with Gasteiger partial charge in [-0.3, -0.25) is 9.59 Å².